The molecule has 0 bridgehead atoms. The molecule has 0 aliphatic heterocycles. The van der Waals surface area contributed by atoms with Crippen LogP contribution in [-0.4, -0.2) is 61.7 Å². The second-order valence-electron chi connectivity index (χ2n) is 7.77. The van der Waals surface area contributed by atoms with Gasteiger partial charge >= 0.3 is 0 Å². The highest BCUT2D eigenvalue weighted by atomic mass is 32.2. The molecule has 0 fully saturated rings. The van der Waals surface area contributed by atoms with Gasteiger partial charge in [0.1, 0.15) is 11.6 Å². The number of thioether (sulfide) groups is 1. The lowest BCUT2D eigenvalue weighted by Gasteiger charge is -2.26. The van der Waals surface area contributed by atoms with Gasteiger partial charge in [-0.1, -0.05) is 17.8 Å². The minimum atomic E-state index is -0.533. The number of rotatable bonds is 12. The van der Waals surface area contributed by atoms with Crippen molar-refractivity contribution in [1.82, 2.24) is 14.8 Å². The van der Waals surface area contributed by atoms with Gasteiger partial charge in [-0.05, 0) is 55.8 Å². The number of aromatic nitrogens is 3. The molecule has 2 aromatic carbocycles. The van der Waals surface area contributed by atoms with Gasteiger partial charge in [0.2, 0.25) is 0 Å². The number of halogens is 1. The van der Waals surface area contributed by atoms with Crippen LogP contribution in [0, 0.1) is 5.82 Å². The molecule has 3 rings (SSSR count). The Hall–Kier alpha value is -2.62. The highest BCUT2D eigenvalue weighted by Crippen LogP contribution is 2.38. The molecule has 1 aromatic heterocycles. The van der Waals surface area contributed by atoms with Gasteiger partial charge in [0.25, 0.3) is 0 Å². The van der Waals surface area contributed by atoms with Gasteiger partial charge in [-0.3, -0.25) is 4.57 Å². The average molecular weight is 476 g/mol. The van der Waals surface area contributed by atoms with Crippen molar-refractivity contribution in [1.29, 1.82) is 0 Å². The second kappa shape index (κ2) is 11.5. The molecule has 0 N–H and O–H groups in total. The first kappa shape index (κ1) is 25.0. The average Bonchev–Trinajstić information content (AvgIpc) is 3.26. The summed E-state index contributed by atoms with van der Waals surface area (Å²) in [6, 6.07) is 12.1. The molecule has 0 radical (unpaired) electrons. The molecule has 0 saturated carbocycles. The molecule has 0 unspecified atom stereocenters. The van der Waals surface area contributed by atoms with E-state index in [1.165, 1.54) is 23.9 Å². The number of ether oxygens (including phenoxy) is 4. The summed E-state index contributed by atoms with van der Waals surface area (Å²) in [6.45, 7) is 5.79. The Morgan fingerprint density at radius 1 is 0.909 bits per heavy atom. The maximum atomic E-state index is 13.6. The number of nitrogens with zero attached hydrogens (tertiary/aromatic N) is 3. The van der Waals surface area contributed by atoms with E-state index in [2.05, 4.69) is 24.0 Å². The monoisotopic (exact) mass is 475 g/mol. The molecular weight excluding hydrogens is 445 g/mol. The molecule has 0 saturated heterocycles. The predicted octanol–water partition coefficient (Wildman–Crippen LogP) is 4.50. The van der Waals surface area contributed by atoms with E-state index in [0.29, 0.717) is 42.2 Å². The van der Waals surface area contributed by atoms with E-state index in [0.717, 1.165) is 17.1 Å². The first-order chi connectivity index (χ1) is 15.9. The maximum Gasteiger partial charge on any atom is 0.195 e. The van der Waals surface area contributed by atoms with Crippen molar-refractivity contribution in [2.24, 2.45) is 0 Å². The van der Waals surface area contributed by atoms with Crippen LogP contribution in [-0.2, 0) is 14.9 Å². The molecule has 0 aliphatic rings. The zero-order valence-corrected chi connectivity index (χ0v) is 20.4. The predicted molar refractivity (Wildman–Crippen MR) is 126 cm³/mol. The topological polar surface area (TPSA) is 67.6 Å². The number of benzene rings is 2. The Morgan fingerprint density at radius 2 is 1.64 bits per heavy atom. The number of methoxy groups -OCH3 is 3. The summed E-state index contributed by atoms with van der Waals surface area (Å²) in [7, 11) is 4.86. The van der Waals surface area contributed by atoms with Gasteiger partial charge in [0.15, 0.2) is 16.7 Å². The van der Waals surface area contributed by atoms with E-state index in [-0.39, 0.29) is 5.82 Å². The zero-order chi connectivity index (χ0) is 23.8. The SMILES string of the molecule is COCCOCCSc1nnc(C(C)(C)c2ccc(OC)c(OC)c2)n1-c1ccc(F)cc1. The third-order valence-corrected chi connectivity index (χ3v) is 6.17. The van der Waals surface area contributed by atoms with Gasteiger partial charge in [-0.15, -0.1) is 10.2 Å². The normalized spacial score (nSPS) is 11.6. The Morgan fingerprint density at radius 3 is 2.30 bits per heavy atom. The lowest BCUT2D eigenvalue weighted by Crippen LogP contribution is -2.24. The summed E-state index contributed by atoms with van der Waals surface area (Å²) >= 11 is 1.54. The van der Waals surface area contributed by atoms with Crippen molar-refractivity contribution in [3.8, 4) is 17.2 Å². The molecule has 7 nitrogen and oxygen atoms in total. The lowest BCUT2D eigenvalue weighted by molar-refractivity contribution is 0.0790. The Bertz CT molecular complexity index is 1040. The smallest absolute Gasteiger partial charge is 0.195 e. The molecule has 0 atom stereocenters. The summed E-state index contributed by atoms with van der Waals surface area (Å²) in [6.07, 6.45) is 0. The van der Waals surface area contributed by atoms with E-state index in [1.807, 2.05) is 22.8 Å². The van der Waals surface area contributed by atoms with Crippen LogP contribution in [0.3, 0.4) is 0 Å². The van der Waals surface area contributed by atoms with Crippen LogP contribution in [0.25, 0.3) is 5.69 Å². The van der Waals surface area contributed by atoms with Crippen LogP contribution in [0.2, 0.25) is 0 Å². The van der Waals surface area contributed by atoms with Gasteiger partial charge < -0.3 is 18.9 Å². The molecule has 3 aromatic rings. The van der Waals surface area contributed by atoms with Crippen molar-refractivity contribution >= 4 is 11.8 Å². The molecule has 33 heavy (non-hydrogen) atoms. The van der Waals surface area contributed by atoms with Crippen LogP contribution >= 0.6 is 11.8 Å². The van der Waals surface area contributed by atoms with Crippen LogP contribution in [0.5, 0.6) is 11.5 Å². The largest absolute Gasteiger partial charge is 0.493 e. The number of hydrogen-bond donors (Lipinski definition) is 0. The molecule has 0 aliphatic carbocycles. The lowest BCUT2D eigenvalue weighted by atomic mass is 9.83. The van der Waals surface area contributed by atoms with Gasteiger partial charge in [0.05, 0.1) is 39.5 Å². The molecule has 0 spiro atoms. The third kappa shape index (κ3) is 5.85. The maximum absolute atomic E-state index is 13.6. The van der Waals surface area contributed by atoms with E-state index < -0.39 is 5.41 Å². The van der Waals surface area contributed by atoms with Crippen LogP contribution in [0.15, 0.2) is 47.6 Å². The molecule has 178 valence electrons. The van der Waals surface area contributed by atoms with E-state index in [1.54, 1.807) is 33.5 Å². The third-order valence-electron chi connectivity index (χ3n) is 5.27. The minimum absolute atomic E-state index is 0.298. The zero-order valence-electron chi connectivity index (χ0n) is 19.6. The van der Waals surface area contributed by atoms with E-state index in [4.69, 9.17) is 18.9 Å². The van der Waals surface area contributed by atoms with Crippen LogP contribution in [0.1, 0.15) is 25.2 Å². The van der Waals surface area contributed by atoms with Crippen LogP contribution in [0.4, 0.5) is 4.39 Å². The van der Waals surface area contributed by atoms with Crippen molar-refractivity contribution in [3.05, 3.63) is 59.7 Å². The van der Waals surface area contributed by atoms with Gasteiger partial charge in [0, 0.05) is 18.6 Å². The summed E-state index contributed by atoms with van der Waals surface area (Å²) in [5.74, 6) is 2.41. The highest BCUT2D eigenvalue weighted by Gasteiger charge is 2.32. The summed E-state index contributed by atoms with van der Waals surface area (Å²) < 4.78 is 37.1. The van der Waals surface area contributed by atoms with E-state index in [9.17, 15) is 4.39 Å². The van der Waals surface area contributed by atoms with Gasteiger partial charge in [-0.25, -0.2) is 4.39 Å². The van der Waals surface area contributed by atoms with Crippen molar-refractivity contribution < 1.29 is 23.3 Å². The van der Waals surface area contributed by atoms with E-state index >= 15 is 0 Å². The Balaban J connectivity index is 1.96. The quantitative estimate of drug-likeness (QED) is 0.282. The Kier molecular flexibility index (Phi) is 8.71. The van der Waals surface area contributed by atoms with Crippen molar-refractivity contribution in [3.63, 3.8) is 0 Å². The first-order valence-corrected chi connectivity index (χ1v) is 11.5. The molecular formula is C24H30FN3O4S. The number of hydrogen-bond acceptors (Lipinski definition) is 7. The summed E-state index contributed by atoms with van der Waals surface area (Å²) in [5, 5.41) is 9.73. The van der Waals surface area contributed by atoms with Crippen molar-refractivity contribution in [2.45, 2.75) is 24.4 Å². The first-order valence-electron chi connectivity index (χ1n) is 10.6. The highest BCUT2D eigenvalue weighted by molar-refractivity contribution is 7.99. The fourth-order valence-corrected chi connectivity index (χ4v) is 4.18. The molecule has 9 heteroatoms. The standard InChI is InChI=1S/C24H30FN3O4S/c1-24(2,17-6-11-20(30-4)21(16-17)31-5)22-26-27-23(33-15-14-32-13-12-29-3)28(22)19-9-7-18(25)8-10-19/h6-11,16H,12-15H2,1-5H3. The summed E-state index contributed by atoms with van der Waals surface area (Å²) in [4.78, 5) is 0. The summed E-state index contributed by atoms with van der Waals surface area (Å²) in [5.41, 5.74) is 1.23. The van der Waals surface area contributed by atoms with Crippen LogP contribution < -0.4 is 9.47 Å². The van der Waals surface area contributed by atoms with Gasteiger partial charge in [-0.2, -0.15) is 0 Å². The fourth-order valence-electron chi connectivity index (χ4n) is 3.38. The second-order valence-corrected chi connectivity index (χ2v) is 8.83. The Labute approximate surface area is 198 Å². The molecule has 0 amide bonds. The molecule has 1 heterocycles. The van der Waals surface area contributed by atoms with Crippen molar-refractivity contribution in [2.75, 3.05) is 46.9 Å². The fraction of sp³-hybridized carbons (Fsp3) is 0.417. The minimum Gasteiger partial charge on any atom is -0.493 e.